The molecule has 3 N–H and O–H groups in total. The average Bonchev–Trinajstić information content (AvgIpc) is 2.88. The van der Waals surface area contributed by atoms with Crippen LogP contribution in [0.4, 0.5) is 21.0 Å². The lowest BCUT2D eigenvalue weighted by Gasteiger charge is -2.20. The number of aromatic nitrogens is 2. The number of hydrogen-bond donors (Lipinski definition) is 3. The molecule has 156 valence electrons. The molecule has 1 aliphatic heterocycles. The Bertz CT molecular complexity index is 1110. The van der Waals surface area contributed by atoms with Crippen LogP contribution in [-0.4, -0.2) is 34.5 Å². The number of amides is 4. The van der Waals surface area contributed by atoms with Crippen LogP contribution in [0.2, 0.25) is 0 Å². The quantitative estimate of drug-likeness (QED) is 0.619. The van der Waals surface area contributed by atoms with Gasteiger partial charge in [-0.3, -0.25) is 0 Å². The Kier molecular flexibility index (Phi) is 5.07. The molecule has 8 heteroatoms. The Balaban J connectivity index is 1.79. The molecular formula is C22H26N6O2. The third-order valence-electron chi connectivity index (χ3n) is 5.62. The third kappa shape index (κ3) is 3.45. The maximum atomic E-state index is 12.5. The summed E-state index contributed by atoms with van der Waals surface area (Å²) in [6.45, 7) is 9.49. The van der Waals surface area contributed by atoms with Crippen LogP contribution in [0.15, 0.2) is 30.5 Å². The van der Waals surface area contributed by atoms with Crippen LogP contribution in [0, 0.1) is 27.7 Å². The highest BCUT2D eigenvalue weighted by molar-refractivity contribution is 6.14. The number of pyridine rings is 1. The lowest BCUT2D eigenvalue weighted by molar-refractivity contribution is 0.238. The van der Waals surface area contributed by atoms with Gasteiger partial charge in [0.1, 0.15) is 0 Å². The van der Waals surface area contributed by atoms with Gasteiger partial charge in [-0.1, -0.05) is 18.2 Å². The molecule has 0 unspecified atom stereocenters. The van der Waals surface area contributed by atoms with Crippen molar-refractivity contribution in [2.75, 3.05) is 23.3 Å². The summed E-state index contributed by atoms with van der Waals surface area (Å²) in [4.78, 5) is 30.9. The first-order valence-electron chi connectivity index (χ1n) is 10.0. The predicted molar refractivity (Wildman–Crippen MR) is 117 cm³/mol. The van der Waals surface area contributed by atoms with E-state index in [1.54, 1.807) is 12.3 Å². The highest BCUT2D eigenvalue weighted by Crippen LogP contribution is 2.28. The molecule has 1 fully saturated rings. The molecule has 2 aromatic heterocycles. The van der Waals surface area contributed by atoms with E-state index in [2.05, 4.69) is 41.9 Å². The summed E-state index contributed by atoms with van der Waals surface area (Å²) >= 11 is 0. The van der Waals surface area contributed by atoms with Gasteiger partial charge in [0.15, 0.2) is 5.65 Å². The number of carbonyl (C=O) groups is 2. The van der Waals surface area contributed by atoms with E-state index < -0.39 is 12.1 Å². The number of nitrogens with one attached hydrogen (secondary N) is 3. The lowest BCUT2D eigenvalue weighted by Crippen LogP contribution is -2.44. The van der Waals surface area contributed by atoms with Gasteiger partial charge in [-0.15, -0.1) is 0 Å². The molecule has 0 spiro atoms. The van der Waals surface area contributed by atoms with E-state index in [0.29, 0.717) is 25.3 Å². The minimum absolute atomic E-state index is 0.393. The largest absolute Gasteiger partial charge is 0.378 e. The van der Waals surface area contributed by atoms with Crippen molar-refractivity contribution >= 4 is 29.1 Å². The first kappa shape index (κ1) is 19.8. The van der Waals surface area contributed by atoms with Gasteiger partial charge in [0, 0.05) is 31.5 Å². The van der Waals surface area contributed by atoms with Crippen LogP contribution in [0.1, 0.15) is 28.1 Å². The molecule has 3 heterocycles. The molecule has 0 bridgehead atoms. The smallest absolute Gasteiger partial charge is 0.330 e. The van der Waals surface area contributed by atoms with Crippen molar-refractivity contribution < 1.29 is 9.59 Å². The summed E-state index contributed by atoms with van der Waals surface area (Å²) in [6.07, 6.45) is 1.78. The Morgan fingerprint density at radius 1 is 1.03 bits per heavy atom. The second-order valence-corrected chi connectivity index (χ2v) is 7.61. The van der Waals surface area contributed by atoms with Gasteiger partial charge >= 0.3 is 12.1 Å². The van der Waals surface area contributed by atoms with E-state index in [1.807, 2.05) is 24.3 Å². The van der Waals surface area contributed by atoms with Crippen LogP contribution in [0.3, 0.4) is 0 Å². The number of aryl methyl sites for hydroxylation is 4. The molecular weight excluding hydrogens is 380 g/mol. The first-order valence-corrected chi connectivity index (χ1v) is 10.0. The minimum atomic E-state index is -0.445. The van der Waals surface area contributed by atoms with Crippen LogP contribution in [0.25, 0.3) is 5.65 Å². The molecule has 4 rings (SSSR count). The second-order valence-electron chi connectivity index (χ2n) is 7.61. The molecule has 4 amide bonds. The summed E-state index contributed by atoms with van der Waals surface area (Å²) < 4.78 is 1.92. The molecule has 1 aromatic carbocycles. The predicted octanol–water partition coefficient (Wildman–Crippen LogP) is 3.42. The van der Waals surface area contributed by atoms with Gasteiger partial charge in [-0.25, -0.2) is 19.5 Å². The Morgan fingerprint density at radius 3 is 2.30 bits per heavy atom. The number of imide groups is 1. The summed E-state index contributed by atoms with van der Waals surface area (Å²) in [6, 6.07) is 7.14. The van der Waals surface area contributed by atoms with Crippen LogP contribution >= 0.6 is 0 Å². The molecule has 3 aromatic rings. The van der Waals surface area contributed by atoms with Crippen LogP contribution in [0.5, 0.6) is 0 Å². The number of rotatable bonds is 4. The van der Waals surface area contributed by atoms with E-state index in [0.717, 1.165) is 27.6 Å². The van der Waals surface area contributed by atoms with Gasteiger partial charge in [-0.05, 0) is 50.5 Å². The van der Waals surface area contributed by atoms with E-state index in [1.165, 1.54) is 16.7 Å². The summed E-state index contributed by atoms with van der Waals surface area (Å²) in [5.41, 5.74) is 7.47. The van der Waals surface area contributed by atoms with Gasteiger partial charge in [0.25, 0.3) is 0 Å². The number of nitrogens with zero attached hydrogens (tertiary/aromatic N) is 3. The van der Waals surface area contributed by atoms with E-state index >= 15 is 0 Å². The molecule has 30 heavy (non-hydrogen) atoms. The van der Waals surface area contributed by atoms with Crippen molar-refractivity contribution in [2.45, 2.75) is 34.2 Å². The number of anilines is 2. The number of carbonyl (C=O) groups excluding carboxylic acids is 2. The van der Waals surface area contributed by atoms with Crippen molar-refractivity contribution in [3.8, 4) is 0 Å². The number of benzene rings is 1. The zero-order valence-corrected chi connectivity index (χ0v) is 17.7. The molecule has 8 nitrogen and oxygen atoms in total. The topological polar surface area (TPSA) is 90.8 Å². The standard InChI is InChI=1S/C22H26N6O2/c1-13-6-5-7-14(2)18(13)11-25-19-10-17(12-27-16(4)15(3)26-20(19)27)28-21(29)23-8-9-24-22(28)30/h5-7,10,12,25H,8-9,11H2,1-4H3,(H,23,29)(H,24,30). The fraction of sp³-hybridized carbons (Fsp3) is 0.318. The number of urea groups is 2. The molecule has 0 aliphatic carbocycles. The highest BCUT2D eigenvalue weighted by atomic mass is 16.2. The zero-order chi connectivity index (χ0) is 21.4. The lowest BCUT2D eigenvalue weighted by atomic mass is 10.0. The molecule has 0 saturated carbocycles. The number of fused-ring (bicyclic) bond motifs is 1. The average molecular weight is 406 g/mol. The van der Waals surface area contributed by atoms with Crippen molar-refractivity contribution in [3.63, 3.8) is 0 Å². The SMILES string of the molecule is Cc1cccc(C)c1CNc1cc(N2C(=O)NCCNC2=O)cn2c(C)c(C)nc12. The van der Waals surface area contributed by atoms with Crippen LogP contribution < -0.4 is 20.9 Å². The minimum Gasteiger partial charge on any atom is -0.378 e. The zero-order valence-electron chi connectivity index (χ0n) is 17.7. The van der Waals surface area contributed by atoms with Crippen LogP contribution in [-0.2, 0) is 6.54 Å². The summed E-state index contributed by atoms with van der Waals surface area (Å²) in [7, 11) is 0. The number of imidazole rings is 1. The Labute approximate surface area is 175 Å². The summed E-state index contributed by atoms with van der Waals surface area (Å²) in [5.74, 6) is 0. The molecule has 1 saturated heterocycles. The van der Waals surface area contributed by atoms with E-state index in [9.17, 15) is 9.59 Å². The highest BCUT2D eigenvalue weighted by Gasteiger charge is 2.27. The maximum absolute atomic E-state index is 12.5. The number of hydrogen-bond acceptors (Lipinski definition) is 4. The molecule has 0 atom stereocenters. The normalized spacial score (nSPS) is 14.5. The monoisotopic (exact) mass is 406 g/mol. The maximum Gasteiger partial charge on any atom is 0.330 e. The fourth-order valence-corrected chi connectivity index (χ4v) is 3.74. The van der Waals surface area contributed by atoms with Gasteiger partial charge < -0.3 is 20.4 Å². The third-order valence-corrected chi connectivity index (χ3v) is 5.62. The van der Waals surface area contributed by atoms with Crippen molar-refractivity contribution in [1.82, 2.24) is 20.0 Å². The van der Waals surface area contributed by atoms with Crippen molar-refractivity contribution in [3.05, 3.63) is 58.5 Å². The summed E-state index contributed by atoms with van der Waals surface area (Å²) in [5, 5.41) is 8.96. The molecule has 0 radical (unpaired) electrons. The van der Waals surface area contributed by atoms with E-state index in [4.69, 9.17) is 4.98 Å². The fourth-order valence-electron chi connectivity index (χ4n) is 3.74. The van der Waals surface area contributed by atoms with Gasteiger partial charge in [-0.2, -0.15) is 0 Å². The second kappa shape index (κ2) is 7.70. The van der Waals surface area contributed by atoms with E-state index in [-0.39, 0.29) is 0 Å². The first-order chi connectivity index (χ1) is 14.4. The Morgan fingerprint density at radius 2 is 1.67 bits per heavy atom. The Hall–Kier alpha value is -3.55. The molecule has 1 aliphatic rings. The van der Waals surface area contributed by atoms with Crippen molar-refractivity contribution in [1.29, 1.82) is 0 Å². The van der Waals surface area contributed by atoms with Crippen molar-refractivity contribution in [2.24, 2.45) is 0 Å². The van der Waals surface area contributed by atoms with Gasteiger partial charge in [0.05, 0.1) is 17.1 Å². The van der Waals surface area contributed by atoms with Gasteiger partial charge in [0.2, 0.25) is 0 Å².